The predicted molar refractivity (Wildman–Crippen MR) is 148 cm³/mol. The van der Waals surface area contributed by atoms with Gasteiger partial charge in [0.15, 0.2) is 0 Å². The first kappa shape index (κ1) is 26.9. The third kappa shape index (κ3) is 5.74. The third-order valence-corrected chi connectivity index (χ3v) is 7.59. The van der Waals surface area contributed by atoms with Crippen molar-refractivity contribution in [3.63, 3.8) is 0 Å². The number of aromatic nitrogens is 2. The number of aryl methyl sites for hydroxylation is 1. The van der Waals surface area contributed by atoms with Crippen molar-refractivity contribution < 1.29 is 14.0 Å². The smallest absolute Gasteiger partial charge is 0.240 e. The molecule has 6 nitrogen and oxygen atoms in total. The Morgan fingerprint density at radius 2 is 1.84 bits per heavy atom. The molecule has 0 aliphatic carbocycles. The summed E-state index contributed by atoms with van der Waals surface area (Å²) in [6.07, 6.45) is 0. The molecule has 0 radical (unpaired) electrons. The number of rotatable bonds is 6. The van der Waals surface area contributed by atoms with E-state index in [2.05, 4.69) is 45.1 Å². The van der Waals surface area contributed by atoms with E-state index in [1.165, 1.54) is 12.1 Å². The quantitative estimate of drug-likeness (QED) is 0.460. The van der Waals surface area contributed by atoms with Crippen LogP contribution in [-0.4, -0.2) is 40.4 Å². The van der Waals surface area contributed by atoms with Crippen LogP contribution in [0.25, 0.3) is 5.69 Å². The molecule has 1 atom stereocenters. The molecule has 1 N–H and O–H groups in total. The predicted octanol–water partition coefficient (Wildman–Crippen LogP) is 5.56. The highest BCUT2D eigenvalue weighted by Gasteiger charge is 2.40. The van der Waals surface area contributed by atoms with Crippen LogP contribution in [0.15, 0.2) is 48.5 Å². The molecule has 8 heteroatoms. The number of nitrogens with one attached hydrogen (secondary N) is 1. The third-order valence-electron chi connectivity index (χ3n) is 6.35. The molecule has 0 bridgehead atoms. The number of hydrogen-bond acceptors (Lipinski definition) is 4. The van der Waals surface area contributed by atoms with Gasteiger partial charge in [-0.05, 0) is 48.2 Å². The van der Waals surface area contributed by atoms with E-state index in [1.807, 2.05) is 26.0 Å². The molecule has 0 saturated carbocycles. The van der Waals surface area contributed by atoms with Gasteiger partial charge >= 0.3 is 0 Å². The van der Waals surface area contributed by atoms with E-state index in [0.29, 0.717) is 18.1 Å². The topological polar surface area (TPSA) is 67.2 Å². The minimum atomic E-state index is -0.354. The van der Waals surface area contributed by atoms with Crippen LogP contribution in [0.1, 0.15) is 62.3 Å². The molecule has 1 aromatic heterocycles. The van der Waals surface area contributed by atoms with Crippen LogP contribution < -0.4 is 10.2 Å². The van der Waals surface area contributed by atoms with E-state index in [9.17, 15) is 14.0 Å². The Morgan fingerprint density at radius 3 is 2.46 bits per heavy atom. The molecule has 37 heavy (non-hydrogen) atoms. The van der Waals surface area contributed by atoms with Gasteiger partial charge in [-0.15, -0.1) is 11.8 Å². The van der Waals surface area contributed by atoms with E-state index in [4.69, 9.17) is 5.10 Å². The number of carbonyl (C=O) groups excluding carboxylic acids is 2. The monoisotopic (exact) mass is 522 g/mol. The highest BCUT2D eigenvalue weighted by molar-refractivity contribution is 8.00. The van der Waals surface area contributed by atoms with Crippen molar-refractivity contribution in [2.45, 2.75) is 52.2 Å². The summed E-state index contributed by atoms with van der Waals surface area (Å²) in [5.41, 5.74) is 4.26. The molecule has 2 amide bonds. The fourth-order valence-corrected chi connectivity index (χ4v) is 5.77. The summed E-state index contributed by atoms with van der Waals surface area (Å²) in [5, 5.41) is 7.81. The van der Waals surface area contributed by atoms with Crippen LogP contribution >= 0.6 is 11.8 Å². The Balaban J connectivity index is 1.98. The fourth-order valence-electron chi connectivity index (χ4n) is 4.48. The van der Waals surface area contributed by atoms with Gasteiger partial charge in [0.1, 0.15) is 18.2 Å². The maximum absolute atomic E-state index is 13.8. The first-order valence-electron chi connectivity index (χ1n) is 12.6. The summed E-state index contributed by atoms with van der Waals surface area (Å²) in [4.78, 5) is 28.2. The van der Waals surface area contributed by atoms with Crippen molar-refractivity contribution in [1.82, 2.24) is 15.1 Å². The van der Waals surface area contributed by atoms with E-state index in [0.717, 1.165) is 22.4 Å². The van der Waals surface area contributed by atoms with E-state index in [1.54, 1.807) is 33.5 Å². The minimum absolute atomic E-state index is 0.115. The SMILES string of the molecule is Cc1ccccc1[C@@H]1SCC(=O)N(CC(=O)NCC(C)C)c2c1c(C(C)(C)C)nn2-c1ccc(F)cc1. The van der Waals surface area contributed by atoms with Crippen molar-refractivity contribution in [2.24, 2.45) is 5.92 Å². The lowest BCUT2D eigenvalue weighted by Gasteiger charge is -2.25. The van der Waals surface area contributed by atoms with Crippen LogP contribution in [-0.2, 0) is 15.0 Å². The number of thioether (sulfide) groups is 1. The highest BCUT2D eigenvalue weighted by atomic mass is 32.2. The van der Waals surface area contributed by atoms with Gasteiger partial charge < -0.3 is 5.32 Å². The second-order valence-electron chi connectivity index (χ2n) is 10.9. The number of carbonyl (C=O) groups is 2. The molecule has 0 unspecified atom stereocenters. The lowest BCUT2D eigenvalue weighted by molar-refractivity contribution is -0.123. The Bertz CT molecular complexity index is 1290. The molecule has 1 aliphatic heterocycles. The van der Waals surface area contributed by atoms with Gasteiger partial charge in [0.05, 0.1) is 22.4 Å². The van der Waals surface area contributed by atoms with Gasteiger partial charge in [-0.25, -0.2) is 9.07 Å². The van der Waals surface area contributed by atoms with Gasteiger partial charge in [-0.3, -0.25) is 14.5 Å². The Hall–Kier alpha value is -3.13. The van der Waals surface area contributed by atoms with Crippen LogP contribution in [0.5, 0.6) is 0 Å². The summed E-state index contributed by atoms with van der Waals surface area (Å²) < 4.78 is 15.5. The van der Waals surface area contributed by atoms with Crippen molar-refractivity contribution in [1.29, 1.82) is 0 Å². The first-order chi connectivity index (χ1) is 17.5. The second kappa shape index (κ2) is 10.7. The lowest BCUT2D eigenvalue weighted by Crippen LogP contribution is -2.43. The maximum atomic E-state index is 13.8. The first-order valence-corrected chi connectivity index (χ1v) is 13.7. The van der Waals surface area contributed by atoms with Crippen molar-refractivity contribution >= 4 is 29.4 Å². The minimum Gasteiger partial charge on any atom is -0.354 e. The Kier molecular flexibility index (Phi) is 7.78. The van der Waals surface area contributed by atoms with Gasteiger partial charge in [0, 0.05) is 17.5 Å². The molecule has 4 rings (SSSR count). The summed E-state index contributed by atoms with van der Waals surface area (Å²) >= 11 is 1.56. The average Bonchev–Trinajstić information content (AvgIpc) is 3.17. The number of anilines is 1. The summed E-state index contributed by atoms with van der Waals surface area (Å²) in [7, 11) is 0. The number of hydrogen-bond donors (Lipinski definition) is 1. The fraction of sp³-hybridized carbons (Fsp3) is 0.414. The normalized spacial score (nSPS) is 16.1. The molecular weight excluding hydrogens is 487 g/mol. The maximum Gasteiger partial charge on any atom is 0.240 e. The average molecular weight is 523 g/mol. The second-order valence-corrected chi connectivity index (χ2v) is 12.0. The van der Waals surface area contributed by atoms with Gasteiger partial charge in [0.2, 0.25) is 11.8 Å². The summed E-state index contributed by atoms with van der Waals surface area (Å²) in [5.74, 6) is 0.338. The number of fused-ring (bicyclic) bond motifs is 1. The van der Waals surface area contributed by atoms with Crippen LogP contribution in [0.3, 0.4) is 0 Å². The zero-order valence-corrected chi connectivity index (χ0v) is 23.2. The van der Waals surface area contributed by atoms with E-state index < -0.39 is 0 Å². The molecule has 0 spiro atoms. The molecular formula is C29H35FN4O2S. The van der Waals surface area contributed by atoms with Gasteiger partial charge in [0.25, 0.3) is 0 Å². The number of amides is 2. The number of nitrogens with zero attached hydrogens (tertiary/aromatic N) is 3. The molecule has 0 saturated heterocycles. The molecule has 1 aliphatic rings. The van der Waals surface area contributed by atoms with Crippen LogP contribution in [0.2, 0.25) is 0 Å². The molecule has 0 fully saturated rings. The van der Waals surface area contributed by atoms with Crippen molar-refractivity contribution in [2.75, 3.05) is 23.7 Å². The summed E-state index contributed by atoms with van der Waals surface area (Å²) in [6, 6.07) is 14.2. The van der Waals surface area contributed by atoms with Gasteiger partial charge in [-0.1, -0.05) is 58.9 Å². The number of halogens is 1. The molecule has 2 aromatic carbocycles. The Morgan fingerprint density at radius 1 is 1.16 bits per heavy atom. The molecule has 3 aromatic rings. The zero-order chi connectivity index (χ0) is 26.9. The Labute approximate surface area is 222 Å². The highest BCUT2D eigenvalue weighted by Crippen LogP contribution is 2.49. The number of benzene rings is 2. The summed E-state index contributed by atoms with van der Waals surface area (Å²) in [6.45, 7) is 12.8. The van der Waals surface area contributed by atoms with Crippen LogP contribution in [0.4, 0.5) is 10.2 Å². The largest absolute Gasteiger partial charge is 0.354 e. The van der Waals surface area contributed by atoms with Crippen molar-refractivity contribution in [3.05, 3.63) is 76.7 Å². The zero-order valence-electron chi connectivity index (χ0n) is 22.3. The molecule has 2 heterocycles. The van der Waals surface area contributed by atoms with Crippen LogP contribution in [0, 0.1) is 18.7 Å². The van der Waals surface area contributed by atoms with Crippen molar-refractivity contribution in [3.8, 4) is 5.69 Å². The van der Waals surface area contributed by atoms with Gasteiger partial charge in [-0.2, -0.15) is 5.10 Å². The van der Waals surface area contributed by atoms with E-state index in [-0.39, 0.29) is 46.5 Å². The lowest BCUT2D eigenvalue weighted by atomic mass is 9.86. The van der Waals surface area contributed by atoms with E-state index >= 15 is 0 Å². The molecule has 196 valence electrons. The standard InChI is InChI=1S/C29H35FN4O2S/c1-18(2)15-31-23(35)16-33-24(36)17-37-26(22-10-8-7-9-19(22)3)25-27(29(4,5)6)32-34(28(25)33)21-13-11-20(30)12-14-21/h7-14,18,26H,15-17H2,1-6H3,(H,31,35)/t26-/m0/s1.